The number of halogens is 1. The van der Waals surface area contributed by atoms with Crippen LogP contribution in [0.1, 0.15) is 42.1 Å². The molecule has 2 heterocycles. The van der Waals surface area contributed by atoms with Crippen LogP contribution in [0.15, 0.2) is 66.0 Å². The molecule has 0 fully saturated rings. The van der Waals surface area contributed by atoms with E-state index in [2.05, 4.69) is 46.3 Å². The molecule has 6 nitrogen and oxygen atoms in total. The molecule has 164 valence electrons. The zero-order chi connectivity index (χ0) is 22.5. The first kappa shape index (κ1) is 21.5. The Kier molecular flexibility index (Phi) is 6.44. The van der Waals surface area contributed by atoms with E-state index in [9.17, 15) is 0 Å². The molecule has 1 aliphatic heterocycles. The van der Waals surface area contributed by atoms with Crippen LogP contribution >= 0.6 is 0 Å². The summed E-state index contributed by atoms with van der Waals surface area (Å²) in [6, 6.07) is 14.7. The molecule has 1 aliphatic rings. The molecule has 0 aliphatic carbocycles. The average molecular weight is 432 g/mol. The Labute approximate surface area is 187 Å². The number of hydrogen-bond donors (Lipinski definition) is 2. The van der Waals surface area contributed by atoms with Gasteiger partial charge in [-0.1, -0.05) is 38.1 Å². The fourth-order valence-corrected chi connectivity index (χ4v) is 3.50. The van der Waals surface area contributed by atoms with Crippen molar-refractivity contribution in [3.8, 4) is 5.75 Å². The van der Waals surface area contributed by atoms with Gasteiger partial charge in [-0.3, -0.25) is 4.99 Å². The molecule has 1 aromatic heterocycles. The number of rotatable bonds is 7. The number of nitrogens with two attached hydrogens (primary N) is 1. The number of aromatic nitrogens is 2. The van der Waals surface area contributed by atoms with Gasteiger partial charge < -0.3 is 15.8 Å². The van der Waals surface area contributed by atoms with Crippen LogP contribution in [0.4, 0.5) is 4.39 Å². The summed E-state index contributed by atoms with van der Waals surface area (Å²) in [6.45, 7) is 5.95. The summed E-state index contributed by atoms with van der Waals surface area (Å²) in [5.41, 5.74) is 10.4. The Morgan fingerprint density at radius 2 is 1.97 bits per heavy atom. The average Bonchev–Trinajstić information content (AvgIpc) is 3.34. The van der Waals surface area contributed by atoms with Crippen LogP contribution in [-0.4, -0.2) is 28.9 Å². The van der Waals surface area contributed by atoms with Crippen LogP contribution < -0.4 is 15.8 Å². The smallest absolute Gasteiger partial charge is 0.134 e. The highest BCUT2D eigenvalue weighted by molar-refractivity contribution is 6.29. The summed E-state index contributed by atoms with van der Waals surface area (Å²) in [6.07, 6.45) is 3.00. The standard InChI is InChI=1S/C25H26FN5O/c1-16(2)18-5-3-17(4-6-18)14-32-19-7-8-20(21(26)13-19)23(25-29-11-12-30-25)24(27)22-9-10-28-15-31-22/h3-10,13,15-16H,11-12,14,27H2,1-2H3,(H,29,30). The second-order valence-corrected chi connectivity index (χ2v) is 7.87. The van der Waals surface area contributed by atoms with E-state index in [4.69, 9.17) is 10.5 Å². The van der Waals surface area contributed by atoms with Gasteiger partial charge in [0.05, 0.1) is 23.5 Å². The summed E-state index contributed by atoms with van der Waals surface area (Å²) >= 11 is 0. The third kappa shape index (κ3) is 4.77. The Bertz CT molecular complexity index is 1140. The van der Waals surface area contributed by atoms with Gasteiger partial charge in [0.2, 0.25) is 0 Å². The van der Waals surface area contributed by atoms with Gasteiger partial charge in [-0.25, -0.2) is 14.4 Å². The molecule has 3 N–H and O–H groups in total. The van der Waals surface area contributed by atoms with Crippen molar-refractivity contribution >= 4 is 17.1 Å². The number of ether oxygens (including phenoxy) is 1. The Hall–Kier alpha value is -3.74. The van der Waals surface area contributed by atoms with Crippen molar-refractivity contribution in [2.75, 3.05) is 13.1 Å². The predicted molar refractivity (Wildman–Crippen MR) is 125 cm³/mol. The largest absolute Gasteiger partial charge is 0.489 e. The molecule has 0 atom stereocenters. The molecular formula is C25H26FN5O. The highest BCUT2D eigenvalue weighted by atomic mass is 19.1. The van der Waals surface area contributed by atoms with Crippen molar-refractivity contribution in [3.63, 3.8) is 0 Å². The van der Waals surface area contributed by atoms with Gasteiger partial charge in [0.25, 0.3) is 0 Å². The maximum atomic E-state index is 15.2. The SMILES string of the molecule is CC(C)c1ccc(COc2ccc(C(C3=NCCN3)=C(N)c3ccncn3)c(F)c2)cc1. The van der Waals surface area contributed by atoms with Crippen molar-refractivity contribution in [1.29, 1.82) is 0 Å². The van der Waals surface area contributed by atoms with Gasteiger partial charge in [0, 0.05) is 24.4 Å². The first-order valence-electron chi connectivity index (χ1n) is 10.6. The molecule has 0 spiro atoms. The van der Waals surface area contributed by atoms with Crippen LogP contribution in [0.25, 0.3) is 11.3 Å². The van der Waals surface area contributed by atoms with Crippen LogP contribution in [-0.2, 0) is 6.61 Å². The second kappa shape index (κ2) is 9.60. The highest BCUT2D eigenvalue weighted by Crippen LogP contribution is 2.29. The lowest BCUT2D eigenvalue weighted by atomic mass is 10.00. The lowest BCUT2D eigenvalue weighted by Gasteiger charge is -2.15. The maximum absolute atomic E-state index is 15.2. The highest BCUT2D eigenvalue weighted by Gasteiger charge is 2.22. The minimum absolute atomic E-state index is 0.332. The number of benzene rings is 2. The van der Waals surface area contributed by atoms with Gasteiger partial charge in [0.1, 0.15) is 30.3 Å². The molecule has 0 radical (unpaired) electrons. The molecule has 32 heavy (non-hydrogen) atoms. The van der Waals surface area contributed by atoms with Crippen molar-refractivity contribution in [2.24, 2.45) is 10.7 Å². The molecular weight excluding hydrogens is 405 g/mol. The molecule has 7 heteroatoms. The minimum Gasteiger partial charge on any atom is -0.489 e. The van der Waals surface area contributed by atoms with Crippen LogP contribution in [0.3, 0.4) is 0 Å². The summed E-state index contributed by atoms with van der Waals surface area (Å²) in [4.78, 5) is 12.6. The van der Waals surface area contributed by atoms with Gasteiger partial charge in [-0.05, 0) is 35.2 Å². The number of hydrogen-bond acceptors (Lipinski definition) is 6. The summed E-state index contributed by atoms with van der Waals surface area (Å²) in [5, 5.41) is 3.18. The number of amidine groups is 1. The lowest BCUT2D eigenvalue weighted by molar-refractivity contribution is 0.304. The molecule has 2 aromatic carbocycles. The topological polar surface area (TPSA) is 85.4 Å². The molecule has 0 saturated carbocycles. The Balaban J connectivity index is 1.59. The lowest BCUT2D eigenvalue weighted by Crippen LogP contribution is -2.23. The van der Waals surface area contributed by atoms with E-state index in [0.717, 1.165) is 5.56 Å². The fraction of sp³-hybridized carbons (Fsp3) is 0.240. The van der Waals surface area contributed by atoms with E-state index in [1.165, 1.54) is 18.0 Å². The molecule has 0 unspecified atom stereocenters. The van der Waals surface area contributed by atoms with Gasteiger partial charge in [0.15, 0.2) is 0 Å². The van der Waals surface area contributed by atoms with Crippen molar-refractivity contribution in [2.45, 2.75) is 26.4 Å². The van der Waals surface area contributed by atoms with E-state index < -0.39 is 5.82 Å². The zero-order valence-electron chi connectivity index (χ0n) is 18.2. The molecule has 0 amide bonds. The maximum Gasteiger partial charge on any atom is 0.134 e. The van der Waals surface area contributed by atoms with E-state index in [1.54, 1.807) is 24.4 Å². The minimum atomic E-state index is -0.443. The summed E-state index contributed by atoms with van der Waals surface area (Å²) < 4.78 is 21.0. The van der Waals surface area contributed by atoms with Gasteiger partial charge in [-0.15, -0.1) is 0 Å². The number of nitrogens with zero attached hydrogens (tertiary/aromatic N) is 3. The van der Waals surface area contributed by atoms with E-state index >= 15 is 4.39 Å². The van der Waals surface area contributed by atoms with E-state index in [1.807, 2.05) is 12.1 Å². The second-order valence-electron chi connectivity index (χ2n) is 7.87. The van der Waals surface area contributed by atoms with Crippen molar-refractivity contribution in [1.82, 2.24) is 15.3 Å². The number of nitrogens with one attached hydrogen (secondary N) is 1. The molecule has 4 rings (SSSR count). The Morgan fingerprint density at radius 3 is 2.59 bits per heavy atom. The van der Waals surface area contributed by atoms with Crippen molar-refractivity contribution in [3.05, 3.63) is 89.3 Å². The normalized spacial score (nSPS) is 14.1. The molecule has 3 aromatic rings. The monoisotopic (exact) mass is 431 g/mol. The number of aliphatic imine (C=N–C) groups is 1. The summed E-state index contributed by atoms with van der Waals surface area (Å²) in [5.74, 6) is 1.03. The van der Waals surface area contributed by atoms with Gasteiger partial charge >= 0.3 is 0 Å². The van der Waals surface area contributed by atoms with Crippen molar-refractivity contribution < 1.29 is 9.13 Å². The van der Waals surface area contributed by atoms with E-state index in [-0.39, 0.29) is 0 Å². The quantitative estimate of drug-likeness (QED) is 0.587. The first-order valence-corrected chi connectivity index (χ1v) is 10.6. The van der Waals surface area contributed by atoms with Gasteiger partial charge in [-0.2, -0.15) is 0 Å². The van der Waals surface area contributed by atoms with Crippen LogP contribution in [0, 0.1) is 5.82 Å². The molecule has 0 bridgehead atoms. The van der Waals surface area contributed by atoms with Crippen LogP contribution in [0.5, 0.6) is 5.75 Å². The third-order valence-electron chi connectivity index (χ3n) is 5.30. The predicted octanol–water partition coefficient (Wildman–Crippen LogP) is 4.15. The third-order valence-corrected chi connectivity index (χ3v) is 5.30. The van der Waals surface area contributed by atoms with E-state index in [0.29, 0.717) is 59.7 Å². The fourth-order valence-electron chi connectivity index (χ4n) is 3.50. The van der Waals surface area contributed by atoms with Crippen LogP contribution in [0.2, 0.25) is 0 Å². The zero-order valence-corrected chi connectivity index (χ0v) is 18.2. The Morgan fingerprint density at radius 1 is 1.16 bits per heavy atom. The summed E-state index contributed by atoms with van der Waals surface area (Å²) in [7, 11) is 0. The first-order chi connectivity index (χ1) is 15.5. The molecule has 0 saturated heterocycles.